The lowest BCUT2D eigenvalue weighted by Gasteiger charge is -2.23. The van der Waals surface area contributed by atoms with Crippen molar-refractivity contribution in [2.24, 2.45) is 0 Å². The van der Waals surface area contributed by atoms with E-state index in [-0.39, 0.29) is 0 Å². The van der Waals surface area contributed by atoms with E-state index in [9.17, 15) is 9.59 Å². The van der Waals surface area contributed by atoms with Gasteiger partial charge in [-0.2, -0.15) is 0 Å². The van der Waals surface area contributed by atoms with Gasteiger partial charge in [0.1, 0.15) is 5.60 Å². The standard InChI is InChI=1S/C16H23NO3Si/c1-11-7-8-13-12(9-11)10-14(21(5,6)19)17(13)15(18)20-16(2,3)4/h7-10,19H,1-6H3. The van der Waals surface area contributed by atoms with Crippen LogP contribution in [-0.2, 0) is 4.74 Å². The SMILES string of the molecule is Cc1ccc2c(c1)cc([Si](C)(C)O)n2C(=O)OC(C)(C)C. The van der Waals surface area contributed by atoms with E-state index in [2.05, 4.69) is 0 Å². The van der Waals surface area contributed by atoms with Crippen molar-refractivity contribution in [1.82, 2.24) is 4.57 Å². The third kappa shape index (κ3) is 3.36. The number of rotatable bonds is 1. The molecule has 0 aliphatic heterocycles. The molecule has 0 saturated heterocycles. The van der Waals surface area contributed by atoms with Gasteiger partial charge in [-0.15, -0.1) is 0 Å². The summed E-state index contributed by atoms with van der Waals surface area (Å²) in [5.74, 6) is 0. The number of aromatic nitrogens is 1. The largest absolute Gasteiger partial charge is 0.443 e. The highest BCUT2D eigenvalue weighted by Gasteiger charge is 2.30. The first kappa shape index (κ1) is 15.8. The van der Waals surface area contributed by atoms with Crippen molar-refractivity contribution in [3.8, 4) is 0 Å². The normalized spacial score (nSPS) is 12.7. The number of fused-ring (bicyclic) bond motifs is 1. The molecule has 21 heavy (non-hydrogen) atoms. The highest BCUT2D eigenvalue weighted by atomic mass is 28.4. The number of carbonyl (C=O) groups excluding carboxylic acids is 1. The van der Waals surface area contributed by atoms with E-state index < -0.39 is 20.0 Å². The van der Waals surface area contributed by atoms with E-state index in [0.29, 0.717) is 5.32 Å². The van der Waals surface area contributed by atoms with Crippen LogP contribution < -0.4 is 5.32 Å². The van der Waals surface area contributed by atoms with Gasteiger partial charge in [0.15, 0.2) is 0 Å². The summed E-state index contributed by atoms with van der Waals surface area (Å²) in [6.45, 7) is 11.1. The molecule has 0 atom stereocenters. The molecule has 0 aliphatic rings. The zero-order chi connectivity index (χ0) is 16.0. The van der Waals surface area contributed by atoms with Crippen LogP contribution in [0.1, 0.15) is 26.3 Å². The molecular weight excluding hydrogens is 282 g/mol. The summed E-state index contributed by atoms with van der Waals surface area (Å²) in [6.07, 6.45) is -0.439. The van der Waals surface area contributed by atoms with E-state index >= 15 is 0 Å². The Bertz CT molecular complexity index is 690. The Morgan fingerprint density at radius 2 is 1.86 bits per heavy atom. The third-order valence-corrected chi connectivity index (χ3v) is 4.78. The minimum absolute atomic E-state index is 0.439. The van der Waals surface area contributed by atoms with E-state index in [4.69, 9.17) is 4.74 Å². The lowest BCUT2D eigenvalue weighted by molar-refractivity contribution is 0.0548. The smallest absolute Gasteiger partial charge is 0.418 e. The van der Waals surface area contributed by atoms with E-state index in [1.54, 1.807) is 13.1 Å². The fraction of sp³-hybridized carbons (Fsp3) is 0.438. The summed E-state index contributed by atoms with van der Waals surface area (Å²) >= 11 is 0. The number of benzene rings is 1. The van der Waals surface area contributed by atoms with Crippen LogP contribution in [0, 0.1) is 6.92 Å². The Labute approximate surface area is 126 Å². The van der Waals surface area contributed by atoms with Crippen molar-refractivity contribution in [2.75, 3.05) is 0 Å². The molecule has 2 aromatic rings. The number of aryl methyl sites for hydroxylation is 1. The maximum Gasteiger partial charge on any atom is 0.418 e. The van der Waals surface area contributed by atoms with Crippen LogP contribution in [0.3, 0.4) is 0 Å². The summed E-state index contributed by atoms with van der Waals surface area (Å²) in [4.78, 5) is 23.0. The van der Waals surface area contributed by atoms with Crippen LogP contribution in [0.4, 0.5) is 4.79 Å². The monoisotopic (exact) mass is 305 g/mol. The van der Waals surface area contributed by atoms with Crippen molar-refractivity contribution in [2.45, 2.75) is 46.4 Å². The maximum absolute atomic E-state index is 12.5. The van der Waals surface area contributed by atoms with Gasteiger partial charge in [-0.25, -0.2) is 4.79 Å². The molecular formula is C16H23NO3Si. The van der Waals surface area contributed by atoms with Gasteiger partial charge in [-0.1, -0.05) is 11.6 Å². The van der Waals surface area contributed by atoms with Crippen LogP contribution in [-0.4, -0.2) is 29.4 Å². The van der Waals surface area contributed by atoms with Crippen LogP contribution in [0.25, 0.3) is 10.9 Å². The summed E-state index contributed by atoms with van der Waals surface area (Å²) in [5, 5.41) is 1.61. The second-order valence-electron chi connectivity index (χ2n) is 6.97. The van der Waals surface area contributed by atoms with Crippen LogP contribution in [0.15, 0.2) is 24.3 Å². The van der Waals surface area contributed by atoms with Gasteiger partial charge in [0.25, 0.3) is 0 Å². The molecule has 0 amide bonds. The zero-order valence-electron chi connectivity index (χ0n) is 13.5. The summed E-state index contributed by atoms with van der Waals surface area (Å²) in [6, 6.07) is 7.77. The quantitative estimate of drug-likeness (QED) is 0.824. The summed E-state index contributed by atoms with van der Waals surface area (Å²) in [5.41, 5.74) is 1.32. The van der Waals surface area contributed by atoms with Gasteiger partial charge in [0.05, 0.1) is 5.52 Å². The average molecular weight is 305 g/mol. The molecule has 5 heteroatoms. The van der Waals surface area contributed by atoms with Crippen molar-refractivity contribution in [3.63, 3.8) is 0 Å². The molecule has 114 valence electrons. The lowest BCUT2D eigenvalue weighted by atomic mass is 10.2. The Morgan fingerprint density at radius 1 is 1.24 bits per heavy atom. The number of carbonyl (C=O) groups is 1. The fourth-order valence-electron chi connectivity index (χ4n) is 2.29. The number of ether oxygens (including phenoxy) is 1. The molecule has 1 aromatic carbocycles. The first-order valence-corrected chi connectivity index (χ1v) is 10.0. The fourth-order valence-corrected chi connectivity index (χ4v) is 3.56. The zero-order valence-corrected chi connectivity index (χ0v) is 14.5. The van der Waals surface area contributed by atoms with Gasteiger partial charge in [-0.3, -0.25) is 4.57 Å². The van der Waals surface area contributed by atoms with Crippen molar-refractivity contribution >= 4 is 30.6 Å². The Hall–Kier alpha value is -1.59. The average Bonchev–Trinajstić information content (AvgIpc) is 2.64. The first-order chi connectivity index (χ1) is 9.49. The van der Waals surface area contributed by atoms with E-state index in [0.717, 1.165) is 16.5 Å². The molecule has 4 nitrogen and oxygen atoms in total. The molecule has 0 saturated carbocycles. The number of hydrogen-bond acceptors (Lipinski definition) is 3. The second-order valence-corrected chi connectivity index (χ2v) is 10.6. The molecule has 1 aromatic heterocycles. The summed E-state index contributed by atoms with van der Waals surface area (Å²) < 4.78 is 7.01. The maximum atomic E-state index is 12.5. The summed E-state index contributed by atoms with van der Waals surface area (Å²) in [7, 11) is -2.65. The van der Waals surface area contributed by atoms with Gasteiger partial charge in [-0.05, 0) is 59.0 Å². The van der Waals surface area contributed by atoms with E-state index in [1.165, 1.54) is 4.57 Å². The van der Waals surface area contributed by atoms with Gasteiger partial charge in [0, 0.05) is 10.7 Å². The van der Waals surface area contributed by atoms with E-state index in [1.807, 2.05) is 52.0 Å². The highest BCUT2D eigenvalue weighted by molar-refractivity contribution is 6.83. The van der Waals surface area contributed by atoms with Crippen molar-refractivity contribution < 1.29 is 14.3 Å². The van der Waals surface area contributed by atoms with Crippen molar-refractivity contribution in [3.05, 3.63) is 29.8 Å². The molecule has 0 spiro atoms. The number of nitrogens with zero attached hydrogens (tertiary/aromatic N) is 1. The van der Waals surface area contributed by atoms with Gasteiger partial charge < -0.3 is 9.53 Å². The molecule has 1 heterocycles. The molecule has 1 N–H and O–H groups in total. The predicted molar refractivity (Wildman–Crippen MR) is 87.6 cm³/mol. The molecule has 0 unspecified atom stereocenters. The third-order valence-electron chi connectivity index (χ3n) is 3.16. The predicted octanol–water partition coefficient (Wildman–Crippen LogP) is 3.14. The van der Waals surface area contributed by atoms with Crippen molar-refractivity contribution in [1.29, 1.82) is 0 Å². The molecule has 0 fully saturated rings. The molecule has 2 rings (SSSR count). The van der Waals surface area contributed by atoms with Gasteiger partial charge in [0.2, 0.25) is 8.32 Å². The topological polar surface area (TPSA) is 51.5 Å². The number of hydrogen-bond donors (Lipinski definition) is 1. The minimum atomic E-state index is -2.65. The first-order valence-electron chi connectivity index (χ1n) is 7.07. The highest BCUT2D eigenvalue weighted by Crippen LogP contribution is 2.20. The van der Waals surface area contributed by atoms with Gasteiger partial charge >= 0.3 is 6.09 Å². The minimum Gasteiger partial charge on any atom is -0.443 e. The lowest BCUT2D eigenvalue weighted by Crippen LogP contribution is -2.48. The van der Waals surface area contributed by atoms with Crippen LogP contribution in [0.2, 0.25) is 13.1 Å². The van der Waals surface area contributed by atoms with Crippen LogP contribution in [0.5, 0.6) is 0 Å². The molecule has 0 radical (unpaired) electrons. The Kier molecular flexibility index (Phi) is 3.76. The molecule has 0 aliphatic carbocycles. The van der Waals surface area contributed by atoms with Crippen LogP contribution >= 0.6 is 0 Å². The Morgan fingerprint density at radius 3 is 2.38 bits per heavy atom. The second kappa shape index (κ2) is 5.00. The molecule has 0 bridgehead atoms. The Balaban J connectivity index is 2.66.